The van der Waals surface area contributed by atoms with E-state index in [4.69, 9.17) is 0 Å². The van der Waals surface area contributed by atoms with E-state index < -0.39 is 0 Å². The summed E-state index contributed by atoms with van der Waals surface area (Å²) in [5.41, 5.74) is 0.293. The monoisotopic (exact) mass is 148 g/mol. The number of allylic oxidation sites excluding steroid dienone is 6. The van der Waals surface area contributed by atoms with Crippen molar-refractivity contribution in [3.63, 3.8) is 0 Å². The maximum atomic E-state index is 2.26. The first-order valence-corrected chi connectivity index (χ1v) is 4.15. The van der Waals surface area contributed by atoms with Crippen molar-refractivity contribution in [2.75, 3.05) is 0 Å². The number of hydrogen-bond donors (Lipinski definition) is 0. The van der Waals surface area contributed by atoms with Crippen molar-refractivity contribution in [1.82, 2.24) is 0 Å². The van der Waals surface area contributed by atoms with Gasteiger partial charge in [0.1, 0.15) is 0 Å². The van der Waals surface area contributed by atoms with Gasteiger partial charge in [-0.1, -0.05) is 50.3 Å². The van der Waals surface area contributed by atoms with E-state index in [0.717, 1.165) is 0 Å². The molecule has 0 aromatic rings. The molecule has 0 heterocycles. The second-order valence-electron chi connectivity index (χ2n) is 3.62. The van der Waals surface area contributed by atoms with Gasteiger partial charge in [0, 0.05) is 5.92 Å². The summed E-state index contributed by atoms with van der Waals surface area (Å²) in [4.78, 5) is 0. The molecular weight excluding hydrogens is 132 g/mol. The highest BCUT2D eigenvalue weighted by atomic mass is 14.3. The zero-order valence-electron chi connectivity index (χ0n) is 7.54. The molecule has 1 unspecified atom stereocenters. The van der Waals surface area contributed by atoms with Gasteiger partial charge in [-0.2, -0.15) is 0 Å². The van der Waals surface area contributed by atoms with Crippen molar-refractivity contribution < 1.29 is 0 Å². The highest BCUT2D eigenvalue weighted by molar-refractivity contribution is 5.21. The summed E-state index contributed by atoms with van der Waals surface area (Å²) in [7, 11) is 0. The Hall–Kier alpha value is -0.780. The molecular formula is C11H16. The van der Waals surface area contributed by atoms with Gasteiger partial charge < -0.3 is 0 Å². The molecule has 0 heteroatoms. The molecule has 1 aliphatic carbocycles. The Morgan fingerprint density at radius 1 is 1.27 bits per heavy atom. The molecule has 0 amide bonds. The largest absolute Gasteiger partial charge is 0.0910 e. The Labute approximate surface area is 69.3 Å². The van der Waals surface area contributed by atoms with Crippen LogP contribution >= 0.6 is 0 Å². The van der Waals surface area contributed by atoms with Crippen LogP contribution in [0, 0.1) is 11.3 Å². The molecule has 11 heavy (non-hydrogen) atoms. The Kier molecular flexibility index (Phi) is 2.33. The van der Waals surface area contributed by atoms with Crippen LogP contribution in [-0.2, 0) is 0 Å². The zero-order valence-corrected chi connectivity index (χ0v) is 7.54. The van der Waals surface area contributed by atoms with Gasteiger partial charge in [-0.05, 0) is 12.3 Å². The van der Waals surface area contributed by atoms with E-state index in [9.17, 15) is 0 Å². The summed E-state index contributed by atoms with van der Waals surface area (Å²) < 4.78 is 0. The Morgan fingerprint density at radius 3 is 2.55 bits per heavy atom. The molecule has 1 aliphatic rings. The van der Waals surface area contributed by atoms with Crippen LogP contribution in [0.4, 0.5) is 0 Å². The molecule has 0 aromatic carbocycles. The number of rotatable bonds is 1. The second-order valence-corrected chi connectivity index (χ2v) is 3.62. The van der Waals surface area contributed by atoms with Crippen LogP contribution in [0.5, 0.6) is 0 Å². The Bertz CT molecular complexity index is 204. The molecule has 0 nitrogen and oxygen atoms in total. The van der Waals surface area contributed by atoms with Crippen LogP contribution in [0.2, 0.25) is 0 Å². The van der Waals surface area contributed by atoms with Gasteiger partial charge in [-0.25, -0.2) is 0 Å². The van der Waals surface area contributed by atoms with Crippen molar-refractivity contribution in [2.45, 2.75) is 20.8 Å². The minimum Gasteiger partial charge on any atom is -0.0910 e. The summed E-state index contributed by atoms with van der Waals surface area (Å²) in [5, 5.41) is 0. The molecule has 0 N–H and O–H groups in total. The SMILES string of the molecule is C/C=C/C1C=CC=CC1(C)C. The van der Waals surface area contributed by atoms with Crippen LogP contribution in [-0.4, -0.2) is 0 Å². The average Bonchev–Trinajstić information content (AvgIpc) is 1.94. The lowest BCUT2D eigenvalue weighted by atomic mass is 9.76. The fourth-order valence-electron chi connectivity index (χ4n) is 1.37. The summed E-state index contributed by atoms with van der Waals surface area (Å²) in [6.45, 7) is 6.59. The average molecular weight is 148 g/mol. The van der Waals surface area contributed by atoms with E-state index in [1.54, 1.807) is 0 Å². The quantitative estimate of drug-likeness (QED) is 0.500. The van der Waals surface area contributed by atoms with Crippen molar-refractivity contribution >= 4 is 0 Å². The summed E-state index contributed by atoms with van der Waals surface area (Å²) >= 11 is 0. The maximum absolute atomic E-state index is 2.26. The van der Waals surface area contributed by atoms with Gasteiger partial charge in [0.2, 0.25) is 0 Å². The molecule has 0 spiro atoms. The second kappa shape index (κ2) is 3.08. The molecule has 0 aromatic heterocycles. The predicted molar refractivity (Wildman–Crippen MR) is 50.4 cm³/mol. The number of hydrogen-bond acceptors (Lipinski definition) is 0. The molecule has 0 bridgehead atoms. The van der Waals surface area contributed by atoms with Gasteiger partial charge in [-0.3, -0.25) is 0 Å². The molecule has 0 saturated carbocycles. The minimum atomic E-state index is 0.293. The third-order valence-corrected chi connectivity index (χ3v) is 2.21. The van der Waals surface area contributed by atoms with Gasteiger partial charge in [0.05, 0.1) is 0 Å². The van der Waals surface area contributed by atoms with Gasteiger partial charge in [0.15, 0.2) is 0 Å². The Balaban J connectivity index is 2.80. The van der Waals surface area contributed by atoms with E-state index >= 15 is 0 Å². The van der Waals surface area contributed by atoms with Crippen molar-refractivity contribution in [2.24, 2.45) is 11.3 Å². The maximum Gasteiger partial charge on any atom is 0.00354 e. The van der Waals surface area contributed by atoms with Crippen molar-refractivity contribution in [3.8, 4) is 0 Å². The van der Waals surface area contributed by atoms with E-state index in [0.29, 0.717) is 11.3 Å². The van der Waals surface area contributed by atoms with Crippen molar-refractivity contribution in [1.29, 1.82) is 0 Å². The lowest BCUT2D eigenvalue weighted by molar-refractivity contribution is 0.397. The first-order valence-electron chi connectivity index (χ1n) is 4.15. The van der Waals surface area contributed by atoms with E-state index in [2.05, 4.69) is 57.2 Å². The van der Waals surface area contributed by atoms with E-state index in [1.165, 1.54) is 0 Å². The molecule has 0 saturated heterocycles. The lowest BCUT2D eigenvalue weighted by Crippen LogP contribution is -2.19. The molecule has 0 aliphatic heterocycles. The summed E-state index contributed by atoms with van der Waals surface area (Å²) in [6, 6.07) is 0. The normalized spacial score (nSPS) is 28.1. The lowest BCUT2D eigenvalue weighted by Gasteiger charge is -2.28. The van der Waals surface area contributed by atoms with Gasteiger partial charge in [0.25, 0.3) is 0 Å². The van der Waals surface area contributed by atoms with Crippen LogP contribution in [0.25, 0.3) is 0 Å². The molecule has 1 atom stereocenters. The third-order valence-electron chi connectivity index (χ3n) is 2.21. The van der Waals surface area contributed by atoms with Gasteiger partial charge >= 0.3 is 0 Å². The highest BCUT2D eigenvalue weighted by Crippen LogP contribution is 2.33. The van der Waals surface area contributed by atoms with Crippen LogP contribution in [0.15, 0.2) is 36.5 Å². The van der Waals surface area contributed by atoms with E-state index in [1.807, 2.05) is 0 Å². The zero-order chi connectivity index (χ0) is 8.32. The molecule has 0 fully saturated rings. The standard InChI is InChI=1S/C11H16/c1-4-7-10-8-5-6-9-11(10,2)3/h4-10H,1-3H3/b7-4+. The first-order chi connectivity index (χ1) is 5.17. The molecule has 60 valence electrons. The van der Waals surface area contributed by atoms with Crippen LogP contribution in [0.3, 0.4) is 0 Å². The van der Waals surface area contributed by atoms with E-state index in [-0.39, 0.29) is 0 Å². The highest BCUT2D eigenvalue weighted by Gasteiger charge is 2.23. The topological polar surface area (TPSA) is 0 Å². The fourth-order valence-corrected chi connectivity index (χ4v) is 1.37. The molecule has 1 rings (SSSR count). The van der Waals surface area contributed by atoms with Crippen LogP contribution in [0.1, 0.15) is 20.8 Å². The van der Waals surface area contributed by atoms with Gasteiger partial charge in [-0.15, -0.1) is 0 Å². The van der Waals surface area contributed by atoms with Crippen molar-refractivity contribution in [3.05, 3.63) is 36.5 Å². The third kappa shape index (κ3) is 1.83. The smallest absolute Gasteiger partial charge is 0.00354 e. The molecule has 0 radical (unpaired) electrons. The fraction of sp³-hybridized carbons (Fsp3) is 0.455. The minimum absolute atomic E-state index is 0.293. The Morgan fingerprint density at radius 2 is 2.00 bits per heavy atom. The first kappa shape index (κ1) is 8.32. The van der Waals surface area contributed by atoms with Crippen LogP contribution < -0.4 is 0 Å². The predicted octanol–water partition coefficient (Wildman–Crippen LogP) is 3.33. The summed E-state index contributed by atoms with van der Waals surface area (Å²) in [5.74, 6) is 0.567. The summed E-state index contributed by atoms with van der Waals surface area (Å²) in [6.07, 6.45) is 13.1.